The molecule has 3 rings (SSSR count). The van der Waals surface area contributed by atoms with E-state index in [-0.39, 0.29) is 18.1 Å². The summed E-state index contributed by atoms with van der Waals surface area (Å²) >= 11 is 0. The van der Waals surface area contributed by atoms with Crippen molar-refractivity contribution >= 4 is 17.7 Å². The number of ether oxygens (including phenoxy) is 3. The first-order valence-electron chi connectivity index (χ1n) is 8.47. The van der Waals surface area contributed by atoms with Crippen LogP contribution in [0.15, 0.2) is 78.6 Å². The van der Waals surface area contributed by atoms with E-state index in [1.54, 1.807) is 24.3 Å². The molecular formula is C22H17NO5. The summed E-state index contributed by atoms with van der Waals surface area (Å²) in [5, 5.41) is 2.85. The lowest BCUT2D eigenvalue weighted by Crippen LogP contribution is -2.38. The van der Waals surface area contributed by atoms with Gasteiger partial charge in [-0.05, 0) is 12.1 Å². The van der Waals surface area contributed by atoms with Crippen LogP contribution in [0.5, 0.6) is 5.75 Å². The zero-order valence-electron chi connectivity index (χ0n) is 14.8. The van der Waals surface area contributed by atoms with Crippen LogP contribution >= 0.6 is 0 Å². The van der Waals surface area contributed by atoms with Crippen molar-refractivity contribution in [2.24, 2.45) is 0 Å². The third-order valence-electron chi connectivity index (χ3n) is 3.65. The normalized spacial score (nSPS) is 19.3. The van der Waals surface area contributed by atoms with Gasteiger partial charge in [-0.15, -0.1) is 6.42 Å². The van der Waals surface area contributed by atoms with Crippen LogP contribution in [0.4, 0.5) is 0 Å². The number of para-hydroxylation sites is 1. The quantitative estimate of drug-likeness (QED) is 0.492. The highest BCUT2D eigenvalue weighted by Gasteiger charge is 2.29. The minimum atomic E-state index is -1.11. The van der Waals surface area contributed by atoms with Crippen LogP contribution in [-0.4, -0.2) is 24.7 Å². The predicted octanol–water partition coefficient (Wildman–Crippen LogP) is 2.64. The van der Waals surface area contributed by atoms with Gasteiger partial charge in [0.2, 0.25) is 12.0 Å². The highest BCUT2D eigenvalue weighted by molar-refractivity contribution is 5.93. The molecule has 0 bridgehead atoms. The van der Waals surface area contributed by atoms with Crippen LogP contribution in [0.25, 0.3) is 5.76 Å². The van der Waals surface area contributed by atoms with Crippen molar-refractivity contribution in [3.63, 3.8) is 0 Å². The monoisotopic (exact) mass is 375 g/mol. The van der Waals surface area contributed by atoms with Crippen molar-refractivity contribution in [2.45, 2.75) is 6.23 Å². The standard InChI is InChI=1S/C22H17NO5/c1-2-15-23-22-21(27-18(24)13-14-19(25)28-22)20(16-9-5-3-6-10-16)26-17-11-7-4-8-12-17/h1,3-14,22-23H,15H2/b14-13+,21-20+. The second-order valence-electron chi connectivity index (χ2n) is 5.63. The molecule has 1 aliphatic heterocycles. The third kappa shape index (κ3) is 4.87. The summed E-state index contributed by atoms with van der Waals surface area (Å²) in [6, 6.07) is 18.0. The van der Waals surface area contributed by atoms with Gasteiger partial charge in [-0.2, -0.15) is 0 Å². The fourth-order valence-electron chi connectivity index (χ4n) is 2.44. The van der Waals surface area contributed by atoms with Crippen molar-refractivity contribution in [1.29, 1.82) is 0 Å². The van der Waals surface area contributed by atoms with Gasteiger partial charge < -0.3 is 14.2 Å². The van der Waals surface area contributed by atoms with E-state index in [0.29, 0.717) is 11.3 Å². The largest absolute Gasteiger partial charge is 0.453 e. The minimum Gasteiger partial charge on any atom is -0.453 e. The SMILES string of the molecule is C#CCNC1OC(=O)/C=C/C(=O)O/C1=C(/Oc1ccccc1)c1ccccc1. The number of benzene rings is 2. The van der Waals surface area contributed by atoms with Crippen LogP contribution in [-0.2, 0) is 19.1 Å². The summed E-state index contributed by atoms with van der Waals surface area (Å²) < 4.78 is 16.8. The second-order valence-corrected chi connectivity index (χ2v) is 5.63. The highest BCUT2D eigenvalue weighted by Crippen LogP contribution is 2.27. The van der Waals surface area contributed by atoms with E-state index in [9.17, 15) is 9.59 Å². The first-order valence-corrected chi connectivity index (χ1v) is 8.47. The molecule has 28 heavy (non-hydrogen) atoms. The topological polar surface area (TPSA) is 73.9 Å². The lowest BCUT2D eigenvalue weighted by molar-refractivity contribution is -0.150. The molecule has 2 aromatic carbocycles. The number of carbonyl (C=O) groups is 2. The van der Waals surface area contributed by atoms with Gasteiger partial charge >= 0.3 is 11.9 Å². The van der Waals surface area contributed by atoms with E-state index in [0.717, 1.165) is 12.2 Å². The van der Waals surface area contributed by atoms with Crippen molar-refractivity contribution in [3.05, 3.63) is 84.1 Å². The molecule has 0 saturated heterocycles. The fraction of sp³-hybridized carbons (Fsp3) is 0.0909. The second kappa shape index (κ2) is 9.21. The maximum atomic E-state index is 12.1. The molecule has 0 amide bonds. The van der Waals surface area contributed by atoms with E-state index in [1.807, 2.05) is 36.4 Å². The smallest absolute Gasteiger partial charge is 0.336 e. The molecule has 2 aromatic rings. The van der Waals surface area contributed by atoms with Crippen molar-refractivity contribution in [1.82, 2.24) is 5.32 Å². The summed E-state index contributed by atoms with van der Waals surface area (Å²) in [5.74, 6) is 1.69. The van der Waals surface area contributed by atoms with Gasteiger partial charge in [0.1, 0.15) is 5.75 Å². The maximum Gasteiger partial charge on any atom is 0.336 e. The molecule has 0 aliphatic carbocycles. The first kappa shape index (κ1) is 19.0. The van der Waals surface area contributed by atoms with Gasteiger partial charge in [-0.1, -0.05) is 54.5 Å². The van der Waals surface area contributed by atoms with Crippen molar-refractivity contribution in [2.75, 3.05) is 6.54 Å². The average molecular weight is 375 g/mol. The molecule has 1 heterocycles. The number of terminal acetylenes is 1. The van der Waals surface area contributed by atoms with Gasteiger partial charge in [0.05, 0.1) is 6.54 Å². The van der Waals surface area contributed by atoms with E-state index >= 15 is 0 Å². The van der Waals surface area contributed by atoms with Crippen molar-refractivity contribution < 1.29 is 23.8 Å². The molecule has 0 radical (unpaired) electrons. The molecule has 1 unspecified atom stereocenters. The maximum absolute atomic E-state index is 12.1. The molecule has 140 valence electrons. The highest BCUT2D eigenvalue weighted by atomic mass is 16.6. The van der Waals surface area contributed by atoms with Crippen LogP contribution in [0.3, 0.4) is 0 Å². The van der Waals surface area contributed by atoms with Crippen LogP contribution in [0, 0.1) is 12.3 Å². The molecule has 6 heteroatoms. The van der Waals surface area contributed by atoms with Crippen LogP contribution < -0.4 is 10.1 Å². The summed E-state index contributed by atoms with van der Waals surface area (Å²) in [4.78, 5) is 24.1. The lowest BCUT2D eigenvalue weighted by atomic mass is 10.1. The Bertz CT molecular complexity index is 942. The lowest BCUT2D eigenvalue weighted by Gasteiger charge is -2.24. The minimum absolute atomic E-state index is 0.00648. The average Bonchev–Trinajstić information content (AvgIpc) is 2.72. The number of esters is 2. The predicted molar refractivity (Wildman–Crippen MR) is 102 cm³/mol. The Hall–Kier alpha value is -3.82. The van der Waals surface area contributed by atoms with Gasteiger partial charge in [-0.25, -0.2) is 9.59 Å². The number of hydrogen-bond donors (Lipinski definition) is 1. The Balaban J connectivity index is 2.13. The third-order valence-corrected chi connectivity index (χ3v) is 3.65. The zero-order chi connectivity index (χ0) is 19.8. The Morgan fingerprint density at radius 1 is 1.00 bits per heavy atom. The molecule has 1 atom stereocenters. The van der Waals surface area contributed by atoms with Crippen LogP contribution in [0.2, 0.25) is 0 Å². The number of nitrogens with one attached hydrogen (secondary N) is 1. The van der Waals surface area contributed by atoms with Gasteiger partial charge in [0.25, 0.3) is 0 Å². The molecule has 0 aromatic heterocycles. The van der Waals surface area contributed by atoms with E-state index in [4.69, 9.17) is 20.6 Å². The van der Waals surface area contributed by atoms with Gasteiger partial charge in [0, 0.05) is 17.7 Å². The summed E-state index contributed by atoms with van der Waals surface area (Å²) in [6.45, 7) is 0.0795. The van der Waals surface area contributed by atoms with E-state index < -0.39 is 18.2 Å². The molecule has 0 fully saturated rings. The number of hydrogen-bond acceptors (Lipinski definition) is 6. The Morgan fingerprint density at radius 3 is 2.32 bits per heavy atom. The fourth-order valence-corrected chi connectivity index (χ4v) is 2.44. The molecule has 6 nitrogen and oxygen atoms in total. The molecular weight excluding hydrogens is 358 g/mol. The first-order chi connectivity index (χ1) is 13.7. The number of rotatable bonds is 5. The molecule has 0 saturated carbocycles. The van der Waals surface area contributed by atoms with E-state index in [1.165, 1.54) is 0 Å². The number of cyclic esters (lactones) is 2. The summed E-state index contributed by atoms with van der Waals surface area (Å²) in [7, 11) is 0. The van der Waals surface area contributed by atoms with Gasteiger partial charge in [-0.3, -0.25) is 5.32 Å². The molecule has 0 spiro atoms. The van der Waals surface area contributed by atoms with Crippen molar-refractivity contribution in [3.8, 4) is 18.1 Å². The summed E-state index contributed by atoms with van der Waals surface area (Å²) in [6.07, 6.45) is 6.18. The van der Waals surface area contributed by atoms with Crippen LogP contribution in [0.1, 0.15) is 5.56 Å². The zero-order valence-corrected chi connectivity index (χ0v) is 14.8. The number of carbonyl (C=O) groups excluding carboxylic acids is 2. The van der Waals surface area contributed by atoms with Gasteiger partial charge in [0.15, 0.2) is 5.76 Å². The molecule has 1 aliphatic rings. The Labute approximate surface area is 162 Å². The Kier molecular flexibility index (Phi) is 6.24. The van der Waals surface area contributed by atoms with E-state index in [2.05, 4.69) is 11.2 Å². The Morgan fingerprint density at radius 2 is 1.64 bits per heavy atom. The molecule has 1 N–H and O–H groups in total. The summed E-state index contributed by atoms with van der Waals surface area (Å²) in [5.41, 5.74) is 0.627.